The highest BCUT2D eigenvalue weighted by molar-refractivity contribution is 5.94. The van der Waals surface area contributed by atoms with E-state index in [1.807, 2.05) is 29.2 Å². The van der Waals surface area contributed by atoms with Gasteiger partial charge in [0, 0.05) is 32.3 Å². The SMILES string of the molecule is COCC1=CCN(C(=O)c2ccc(CN)cc2)CC1. The number of carbonyl (C=O) groups excluding carboxylic acids is 1. The Morgan fingerprint density at radius 2 is 2.11 bits per heavy atom. The molecule has 102 valence electrons. The highest BCUT2D eigenvalue weighted by atomic mass is 16.5. The topological polar surface area (TPSA) is 55.6 Å². The van der Waals surface area contributed by atoms with Gasteiger partial charge in [0.05, 0.1) is 6.61 Å². The molecular weight excluding hydrogens is 240 g/mol. The van der Waals surface area contributed by atoms with E-state index in [-0.39, 0.29) is 5.91 Å². The van der Waals surface area contributed by atoms with E-state index in [9.17, 15) is 4.79 Å². The van der Waals surface area contributed by atoms with Crippen molar-refractivity contribution in [2.75, 3.05) is 26.8 Å². The highest BCUT2D eigenvalue weighted by Crippen LogP contribution is 2.14. The molecule has 19 heavy (non-hydrogen) atoms. The second kappa shape index (κ2) is 6.50. The minimum atomic E-state index is 0.0799. The Bertz CT molecular complexity index is 466. The summed E-state index contributed by atoms with van der Waals surface area (Å²) in [4.78, 5) is 14.2. The first kappa shape index (κ1) is 13.8. The highest BCUT2D eigenvalue weighted by Gasteiger charge is 2.18. The van der Waals surface area contributed by atoms with Crippen LogP contribution in [0, 0.1) is 0 Å². The molecule has 0 saturated heterocycles. The standard InChI is InChI=1S/C15H20N2O2/c1-19-11-13-6-8-17(9-7-13)15(18)14-4-2-12(10-16)3-5-14/h2-6H,7-11,16H2,1H3. The molecule has 0 saturated carbocycles. The van der Waals surface area contributed by atoms with Gasteiger partial charge in [0.2, 0.25) is 0 Å². The van der Waals surface area contributed by atoms with Crippen LogP contribution in [-0.2, 0) is 11.3 Å². The molecule has 1 aliphatic rings. The zero-order valence-electron chi connectivity index (χ0n) is 11.3. The lowest BCUT2D eigenvalue weighted by Crippen LogP contribution is -2.35. The molecule has 0 unspecified atom stereocenters. The van der Waals surface area contributed by atoms with Crippen molar-refractivity contribution in [2.45, 2.75) is 13.0 Å². The first-order chi connectivity index (χ1) is 9.24. The average Bonchev–Trinajstić information content (AvgIpc) is 2.48. The van der Waals surface area contributed by atoms with Crippen LogP contribution in [0.1, 0.15) is 22.3 Å². The summed E-state index contributed by atoms with van der Waals surface area (Å²) in [6.07, 6.45) is 2.97. The van der Waals surface area contributed by atoms with Crippen molar-refractivity contribution < 1.29 is 9.53 Å². The fraction of sp³-hybridized carbons (Fsp3) is 0.400. The van der Waals surface area contributed by atoms with Crippen molar-refractivity contribution in [3.05, 3.63) is 47.0 Å². The normalized spacial score (nSPS) is 15.3. The van der Waals surface area contributed by atoms with Crippen LogP contribution in [-0.4, -0.2) is 37.6 Å². The molecule has 2 N–H and O–H groups in total. The third-order valence-corrected chi connectivity index (χ3v) is 3.36. The number of amides is 1. The van der Waals surface area contributed by atoms with Crippen LogP contribution in [0.5, 0.6) is 0 Å². The summed E-state index contributed by atoms with van der Waals surface area (Å²) in [7, 11) is 1.69. The Balaban J connectivity index is 2.00. The van der Waals surface area contributed by atoms with Crippen LogP contribution >= 0.6 is 0 Å². The first-order valence-corrected chi connectivity index (χ1v) is 6.49. The van der Waals surface area contributed by atoms with Crippen molar-refractivity contribution in [3.8, 4) is 0 Å². The number of nitrogens with two attached hydrogens (primary N) is 1. The van der Waals surface area contributed by atoms with E-state index >= 15 is 0 Å². The first-order valence-electron chi connectivity index (χ1n) is 6.49. The van der Waals surface area contributed by atoms with Gasteiger partial charge in [-0.3, -0.25) is 4.79 Å². The Hall–Kier alpha value is -1.65. The molecule has 0 fully saturated rings. The predicted molar refractivity (Wildman–Crippen MR) is 74.8 cm³/mol. The molecule has 0 atom stereocenters. The summed E-state index contributed by atoms with van der Waals surface area (Å²) in [6, 6.07) is 7.50. The van der Waals surface area contributed by atoms with Crippen LogP contribution in [0.3, 0.4) is 0 Å². The molecule has 1 aliphatic heterocycles. The number of methoxy groups -OCH3 is 1. The van der Waals surface area contributed by atoms with E-state index in [0.29, 0.717) is 19.7 Å². The monoisotopic (exact) mass is 260 g/mol. The zero-order valence-corrected chi connectivity index (χ0v) is 11.3. The molecule has 1 heterocycles. The van der Waals surface area contributed by atoms with E-state index in [2.05, 4.69) is 6.08 Å². The predicted octanol–water partition coefficient (Wildman–Crippen LogP) is 1.56. The van der Waals surface area contributed by atoms with E-state index in [1.54, 1.807) is 7.11 Å². The zero-order chi connectivity index (χ0) is 13.7. The molecular formula is C15H20N2O2. The summed E-state index contributed by atoms with van der Waals surface area (Å²) < 4.78 is 5.10. The van der Waals surface area contributed by atoms with Gasteiger partial charge < -0.3 is 15.4 Å². The fourth-order valence-corrected chi connectivity index (χ4v) is 2.18. The summed E-state index contributed by atoms with van der Waals surface area (Å²) in [5.74, 6) is 0.0799. The number of rotatable bonds is 4. The number of hydrogen-bond acceptors (Lipinski definition) is 3. The maximum atomic E-state index is 12.3. The molecule has 0 spiro atoms. The number of ether oxygens (including phenoxy) is 1. The molecule has 2 rings (SSSR count). The summed E-state index contributed by atoms with van der Waals surface area (Å²) in [5, 5.41) is 0. The lowest BCUT2D eigenvalue weighted by atomic mass is 10.1. The van der Waals surface area contributed by atoms with Crippen molar-refractivity contribution in [1.82, 2.24) is 4.90 Å². The van der Waals surface area contributed by atoms with Crippen molar-refractivity contribution >= 4 is 5.91 Å². The van der Waals surface area contributed by atoms with Crippen LogP contribution in [0.4, 0.5) is 0 Å². The van der Waals surface area contributed by atoms with Gasteiger partial charge >= 0.3 is 0 Å². The summed E-state index contributed by atoms with van der Waals surface area (Å²) >= 11 is 0. The third kappa shape index (κ3) is 3.43. The quantitative estimate of drug-likeness (QED) is 0.836. The maximum absolute atomic E-state index is 12.3. The molecule has 4 heteroatoms. The van der Waals surface area contributed by atoms with Crippen LogP contribution < -0.4 is 5.73 Å². The van der Waals surface area contributed by atoms with Crippen molar-refractivity contribution in [2.24, 2.45) is 5.73 Å². The molecule has 0 aromatic heterocycles. The maximum Gasteiger partial charge on any atom is 0.254 e. The summed E-state index contributed by atoms with van der Waals surface area (Å²) in [6.45, 7) is 2.58. The van der Waals surface area contributed by atoms with Crippen molar-refractivity contribution in [1.29, 1.82) is 0 Å². The van der Waals surface area contributed by atoms with E-state index in [4.69, 9.17) is 10.5 Å². The molecule has 0 radical (unpaired) electrons. The van der Waals surface area contributed by atoms with Gasteiger partial charge in [0.25, 0.3) is 5.91 Å². The smallest absolute Gasteiger partial charge is 0.254 e. The fourth-order valence-electron chi connectivity index (χ4n) is 2.18. The number of hydrogen-bond donors (Lipinski definition) is 1. The van der Waals surface area contributed by atoms with Gasteiger partial charge in [-0.05, 0) is 29.7 Å². The van der Waals surface area contributed by atoms with Crippen molar-refractivity contribution in [3.63, 3.8) is 0 Å². The second-order valence-electron chi connectivity index (χ2n) is 4.70. The second-order valence-corrected chi connectivity index (χ2v) is 4.70. The van der Waals surface area contributed by atoms with E-state index in [0.717, 1.165) is 24.1 Å². The largest absolute Gasteiger partial charge is 0.380 e. The molecule has 1 amide bonds. The molecule has 1 aromatic carbocycles. The number of nitrogens with zero attached hydrogens (tertiary/aromatic N) is 1. The van der Waals surface area contributed by atoms with Gasteiger partial charge in [0.1, 0.15) is 0 Å². The van der Waals surface area contributed by atoms with Crippen LogP contribution in [0.2, 0.25) is 0 Å². The summed E-state index contributed by atoms with van der Waals surface area (Å²) in [5.41, 5.74) is 8.58. The lowest BCUT2D eigenvalue weighted by molar-refractivity contribution is 0.0765. The Labute approximate surface area is 113 Å². The molecule has 1 aromatic rings. The van der Waals surface area contributed by atoms with Crippen LogP contribution in [0.15, 0.2) is 35.9 Å². The van der Waals surface area contributed by atoms with E-state index < -0.39 is 0 Å². The van der Waals surface area contributed by atoms with Gasteiger partial charge in [-0.15, -0.1) is 0 Å². The minimum Gasteiger partial charge on any atom is -0.380 e. The van der Waals surface area contributed by atoms with Gasteiger partial charge in [-0.1, -0.05) is 18.2 Å². The molecule has 0 bridgehead atoms. The Morgan fingerprint density at radius 1 is 1.37 bits per heavy atom. The Kier molecular flexibility index (Phi) is 4.71. The average molecular weight is 260 g/mol. The number of benzene rings is 1. The van der Waals surface area contributed by atoms with Crippen LogP contribution in [0.25, 0.3) is 0 Å². The lowest BCUT2D eigenvalue weighted by Gasteiger charge is -2.26. The number of carbonyl (C=O) groups is 1. The third-order valence-electron chi connectivity index (χ3n) is 3.36. The minimum absolute atomic E-state index is 0.0799. The van der Waals surface area contributed by atoms with Gasteiger partial charge in [-0.25, -0.2) is 0 Å². The van der Waals surface area contributed by atoms with Gasteiger partial charge in [-0.2, -0.15) is 0 Å². The molecule has 4 nitrogen and oxygen atoms in total. The molecule has 0 aliphatic carbocycles. The van der Waals surface area contributed by atoms with E-state index in [1.165, 1.54) is 5.57 Å². The Morgan fingerprint density at radius 3 is 2.63 bits per heavy atom. The van der Waals surface area contributed by atoms with Gasteiger partial charge in [0.15, 0.2) is 0 Å².